The number of carbonyl (C=O) groups excluding carboxylic acids is 1. The Morgan fingerprint density at radius 2 is 1.61 bits per heavy atom. The molecule has 5 heteroatoms. The van der Waals surface area contributed by atoms with Crippen molar-refractivity contribution in [2.24, 2.45) is 5.92 Å². The maximum atomic E-state index is 13.1. The summed E-state index contributed by atoms with van der Waals surface area (Å²) < 4.78 is 11.1. The molecule has 2 bridgehead atoms. The Balaban J connectivity index is 1.54. The number of methoxy groups -OCH3 is 2. The number of amides is 1. The minimum atomic E-state index is 0.0724. The van der Waals surface area contributed by atoms with E-state index in [-0.39, 0.29) is 12.0 Å². The quantitative estimate of drug-likeness (QED) is 0.771. The molecule has 2 aromatic rings. The summed E-state index contributed by atoms with van der Waals surface area (Å²) in [5.74, 6) is 2.05. The van der Waals surface area contributed by atoms with Crippen LogP contribution in [0.2, 0.25) is 0 Å². The molecule has 0 aromatic heterocycles. The summed E-state index contributed by atoms with van der Waals surface area (Å²) in [5, 5.41) is 0. The van der Waals surface area contributed by atoms with Crippen molar-refractivity contribution in [2.45, 2.75) is 32.0 Å². The standard InChI is InChI=1S/C23H28N2O3/c1-27-21-9-6-10-22(28-2)20(21)16-24-14-18-11-12-19(15-24)25(23(18)26)13-17-7-4-3-5-8-17/h3-10,18-19H,11-16H2,1-2H3/t18-,19+/m1/s1. The van der Waals surface area contributed by atoms with Gasteiger partial charge in [-0.1, -0.05) is 36.4 Å². The van der Waals surface area contributed by atoms with E-state index in [0.29, 0.717) is 12.5 Å². The van der Waals surface area contributed by atoms with Crippen molar-refractivity contribution in [1.29, 1.82) is 0 Å². The number of ether oxygens (including phenoxy) is 2. The van der Waals surface area contributed by atoms with Gasteiger partial charge < -0.3 is 14.4 Å². The predicted octanol–water partition coefficient (Wildman–Crippen LogP) is 3.33. The summed E-state index contributed by atoms with van der Waals surface area (Å²) in [7, 11) is 3.38. The van der Waals surface area contributed by atoms with Crippen LogP contribution in [0.15, 0.2) is 48.5 Å². The number of fused-ring (bicyclic) bond motifs is 4. The molecule has 3 fully saturated rings. The van der Waals surface area contributed by atoms with E-state index in [1.807, 2.05) is 36.4 Å². The summed E-state index contributed by atoms with van der Waals surface area (Å²) in [6.07, 6.45) is 2.05. The molecule has 148 valence electrons. The molecule has 5 rings (SSSR count). The summed E-state index contributed by atoms with van der Waals surface area (Å²) in [6.45, 7) is 3.11. The third-order valence-corrected chi connectivity index (χ3v) is 5.98. The number of nitrogens with zero attached hydrogens (tertiary/aromatic N) is 2. The highest BCUT2D eigenvalue weighted by molar-refractivity contribution is 5.80. The van der Waals surface area contributed by atoms with Gasteiger partial charge in [0.15, 0.2) is 0 Å². The minimum Gasteiger partial charge on any atom is -0.496 e. The summed E-state index contributed by atoms with van der Waals surface area (Å²) in [4.78, 5) is 17.6. The van der Waals surface area contributed by atoms with Crippen LogP contribution in [0.25, 0.3) is 0 Å². The van der Waals surface area contributed by atoms with Crippen molar-refractivity contribution in [1.82, 2.24) is 9.80 Å². The van der Waals surface area contributed by atoms with Gasteiger partial charge in [-0.15, -0.1) is 0 Å². The van der Waals surface area contributed by atoms with E-state index >= 15 is 0 Å². The van der Waals surface area contributed by atoms with Crippen molar-refractivity contribution in [3.63, 3.8) is 0 Å². The Morgan fingerprint density at radius 3 is 2.29 bits per heavy atom. The zero-order valence-electron chi connectivity index (χ0n) is 16.6. The average Bonchev–Trinajstić information content (AvgIpc) is 3.00. The fraction of sp³-hybridized carbons (Fsp3) is 0.435. The molecule has 2 atom stereocenters. The van der Waals surface area contributed by atoms with E-state index in [2.05, 4.69) is 21.9 Å². The highest BCUT2D eigenvalue weighted by atomic mass is 16.5. The van der Waals surface area contributed by atoms with Crippen LogP contribution < -0.4 is 9.47 Å². The first-order valence-corrected chi connectivity index (χ1v) is 9.96. The van der Waals surface area contributed by atoms with Gasteiger partial charge in [-0.3, -0.25) is 9.69 Å². The molecule has 3 aliphatic heterocycles. The Bertz CT molecular complexity index is 802. The lowest BCUT2D eigenvalue weighted by atomic mass is 9.93. The fourth-order valence-electron chi connectivity index (χ4n) is 4.55. The van der Waals surface area contributed by atoms with Crippen LogP contribution in [0, 0.1) is 5.92 Å². The molecular weight excluding hydrogens is 352 g/mol. The van der Waals surface area contributed by atoms with Crippen LogP contribution in [0.3, 0.4) is 0 Å². The van der Waals surface area contributed by atoms with Gasteiger partial charge in [-0.25, -0.2) is 0 Å². The van der Waals surface area contributed by atoms with Crippen LogP contribution in [0.5, 0.6) is 11.5 Å². The fourth-order valence-corrected chi connectivity index (χ4v) is 4.55. The summed E-state index contributed by atoms with van der Waals surface area (Å²) in [6, 6.07) is 16.4. The lowest BCUT2D eigenvalue weighted by Crippen LogP contribution is -2.47. The molecule has 3 saturated heterocycles. The molecule has 0 spiro atoms. The van der Waals surface area contributed by atoms with Gasteiger partial charge in [0.25, 0.3) is 0 Å². The van der Waals surface area contributed by atoms with Crippen molar-refractivity contribution < 1.29 is 14.3 Å². The minimum absolute atomic E-state index is 0.0724. The molecule has 0 saturated carbocycles. The van der Waals surface area contributed by atoms with Gasteiger partial charge in [0.05, 0.1) is 25.7 Å². The van der Waals surface area contributed by atoms with Crippen LogP contribution in [-0.4, -0.2) is 49.1 Å². The summed E-state index contributed by atoms with van der Waals surface area (Å²) >= 11 is 0. The zero-order valence-corrected chi connectivity index (χ0v) is 16.6. The van der Waals surface area contributed by atoms with Crippen LogP contribution in [-0.2, 0) is 17.9 Å². The normalized spacial score (nSPS) is 22.2. The predicted molar refractivity (Wildman–Crippen MR) is 108 cm³/mol. The molecule has 5 nitrogen and oxygen atoms in total. The largest absolute Gasteiger partial charge is 0.496 e. The van der Waals surface area contributed by atoms with E-state index in [4.69, 9.17) is 9.47 Å². The van der Waals surface area contributed by atoms with E-state index in [9.17, 15) is 4.79 Å². The molecule has 0 unspecified atom stereocenters. The number of hydrogen-bond acceptors (Lipinski definition) is 4. The van der Waals surface area contributed by atoms with E-state index < -0.39 is 0 Å². The Kier molecular flexibility index (Phi) is 5.53. The highest BCUT2D eigenvalue weighted by Gasteiger charge is 2.40. The van der Waals surface area contributed by atoms with Gasteiger partial charge >= 0.3 is 0 Å². The molecule has 3 heterocycles. The average molecular weight is 380 g/mol. The molecule has 3 aliphatic rings. The SMILES string of the molecule is COc1cccc(OC)c1CN1C[C@H]2CC[C@@H](C1)N(Cc1ccccc1)C2=O. The molecular formula is C23H28N2O3. The van der Waals surface area contributed by atoms with Crippen LogP contribution >= 0.6 is 0 Å². The third-order valence-electron chi connectivity index (χ3n) is 5.98. The Labute approximate surface area is 166 Å². The maximum Gasteiger partial charge on any atom is 0.227 e. The number of rotatable bonds is 6. The van der Waals surface area contributed by atoms with E-state index in [0.717, 1.165) is 49.5 Å². The number of carbonyl (C=O) groups is 1. The zero-order chi connectivity index (χ0) is 19.5. The van der Waals surface area contributed by atoms with Crippen molar-refractivity contribution in [2.75, 3.05) is 27.3 Å². The maximum absolute atomic E-state index is 13.1. The van der Waals surface area contributed by atoms with E-state index in [1.165, 1.54) is 5.56 Å². The smallest absolute Gasteiger partial charge is 0.227 e. The molecule has 0 N–H and O–H groups in total. The van der Waals surface area contributed by atoms with Crippen molar-refractivity contribution >= 4 is 5.91 Å². The molecule has 28 heavy (non-hydrogen) atoms. The Morgan fingerprint density at radius 1 is 0.893 bits per heavy atom. The monoisotopic (exact) mass is 380 g/mol. The lowest BCUT2D eigenvalue weighted by Gasteiger charge is -2.36. The second kappa shape index (κ2) is 8.23. The summed E-state index contributed by atoms with van der Waals surface area (Å²) in [5.41, 5.74) is 2.25. The first-order valence-electron chi connectivity index (χ1n) is 9.96. The first-order chi connectivity index (χ1) is 13.7. The third kappa shape index (κ3) is 3.72. The highest BCUT2D eigenvalue weighted by Crippen LogP contribution is 2.34. The lowest BCUT2D eigenvalue weighted by molar-refractivity contribution is -0.140. The van der Waals surface area contributed by atoms with Crippen molar-refractivity contribution in [3.05, 3.63) is 59.7 Å². The molecule has 0 radical (unpaired) electrons. The van der Waals surface area contributed by atoms with Gasteiger partial charge in [0.2, 0.25) is 5.91 Å². The molecule has 1 amide bonds. The number of hydrogen-bond donors (Lipinski definition) is 0. The number of piperidine rings is 1. The topological polar surface area (TPSA) is 42.0 Å². The van der Waals surface area contributed by atoms with Crippen LogP contribution in [0.4, 0.5) is 0 Å². The first kappa shape index (κ1) is 18.8. The van der Waals surface area contributed by atoms with Gasteiger partial charge in [0, 0.05) is 32.2 Å². The molecule has 0 aliphatic carbocycles. The molecule has 2 aromatic carbocycles. The second-order valence-corrected chi connectivity index (χ2v) is 7.72. The Hall–Kier alpha value is -2.53. The number of benzene rings is 2. The second-order valence-electron chi connectivity index (χ2n) is 7.72. The van der Waals surface area contributed by atoms with E-state index in [1.54, 1.807) is 14.2 Å². The van der Waals surface area contributed by atoms with Gasteiger partial charge in [-0.05, 0) is 30.5 Å². The van der Waals surface area contributed by atoms with Crippen molar-refractivity contribution in [3.8, 4) is 11.5 Å². The van der Waals surface area contributed by atoms with Crippen LogP contribution in [0.1, 0.15) is 24.0 Å². The van der Waals surface area contributed by atoms with Gasteiger partial charge in [-0.2, -0.15) is 0 Å². The van der Waals surface area contributed by atoms with Gasteiger partial charge in [0.1, 0.15) is 11.5 Å².